The Balaban J connectivity index is 1.70. The van der Waals surface area contributed by atoms with Crippen LogP contribution in [0.1, 0.15) is 38.5 Å². The van der Waals surface area contributed by atoms with Gasteiger partial charge in [-0.15, -0.1) is 0 Å². The molecule has 4 heterocycles. The van der Waals surface area contributed by atoms with E-state index in [0.717, 1.165) is 18.5 Å². The van der Waals surface area contributed by atoms with Gasteiger partial charge in [0.2, 0.25) is 0 Å². The third-order valence-corrected chi connectivity index (χ3v) is 4.93. The predicted molar refractivity (Wildman–Crippen MR) is 59.2 cm³/mol. The van der Waals surface area contributed by atoms with Crippen molar-refractivity contribution in [2.75, 3.05) is 19.6 Å². The molecule has 4 saturated heterocycles. The van der Waals surface area contributed by atoms with Crippen LogP contribution in [0.15, 0.2) is 0 Å². The third-order valence-electron chi connectivity index (χ3n) is 4.93. The standard InChI is InChI=1S/C12H21N3/c1-4-10-13(7-1)11-5-2-9-15(11)12-6-3-8-14(10)12/h10-12H,1-9H2. The van der Waals surface area contributed by atoms with Crippen LogP contribution in [0.25, 0.3) is 0 Å². The summed E-state index contributed by atoms with van der Waals surface area (Å²) in [5.74, 6) is 0. The zero-order chi connectivity index (χ0) is 9.83. The van der Waals surface area contributed by atoms with Gasteiger partial charge in [-0.05, 0) is 38.5 Å². The first-order valence-electron chi connectivity index (χ1n) is 6.72. The van der Waals surface area contributed by atoms with E-state index in [1.165, 1.54) is 58.2 Å². The van der Waals surface area contributed by atoms with Gasteiger partial charge in [0.15, 0.2) is 0 Å². The van der Waals surface area contributed by atoms with Crippen molar-refractivity contribution >= 4 is 0 Å². The average Bonchev–Trinajstić information content (AvgIpc) is 2.97. The summed E-state index contributed by atoms with van der Waals surface area (Å²) in [7, 11) is 0. The molecule has 4 fully saturated rings. The van der Waals surface area contributed by atoms with Gasteiger partial charge in [0, 0.05) is 19.6 Å². The molecule has 0 N–H and O–H groups in total. The molecule has 0 aromatic heterocycles. The van der Waals surface area contributed by atoms with E-state index in [9.17, 15) is 0 Å². The van der Waals surface area contributed by atoms with E-state index in [1.54, 1.807) is 0 Å². The zero-order valence-electron chi connectivity index (χ0n) is 9.44. The van der Waals surface area contributed by atoms with Gasteiger partial charge in [-0.2, -0.15) is 0 Å². The molecule has 0 unspecified atom stereocenters. The number of rotatable bonds is 0. The average molecular weight is 207 g/mol. The summed E-state index contributed by atoms with van der Waals surface area (Å²) < 4.78 is 0. The van der Waals surface area contributed by atoms with Crippen molar-refractivity contribution < 1.29 is 0 Å². The first kappa shape index (κ1) is 8.97. The number of hydrogen-bond acceptors (Lipinski definition) is 3. The van der Waals surface area contributed by atoms with Gasteiger partial charge in [-0.1, -0.05) is 0 Å². The fourth-order valence-electron chi connectivity index (χ4n) is 4.43. The van der Waals surface area contributed by atoms with Crippen molar-refractivity contribution in [3.05, 3.63) is 0 Å². The lowest BCUT2D eigenvalue weighted by Gasteiger charge is -2.51. The SMILES string of the molecule is C1CC2N(C1)C1CCCN1C1CCCN21. The summed E-state index contributed by atoms with van der Waals surface area (Å²) >= 11 is 0. The highest BCUT2D eigenvalue weighted by Crippen LogP contribution is 2.41. The lowest BCUT2D eigenvalue weighted by Crippen LogP contribution is -2.65. The molecule has 0 bridgehead atoms. The molecule has 4 aliphatic rings. The zero-order valence-corrected chi connectivity index (χ0v) is 9.44. The summed E-state index contributed by atoms with van der Waals surface area (Å²) in [6.45, 7) is 4.07. The fraction of sp³-hybridized carbons (Fsp3) is 1.00. The van der Waals surface area contributed by atoms with E-state index in [0.29, 0.717) is 0 Å². The number of nitrogens with zero attached hydrogens (tertiary/aromatic N) is 3. The number of hydrogen-bond donors (Lipinski definition) is 0. The molecule has 3 nitrogen and oxygen atoms in total. The topological polar surface area (TPSA) is 9.72 Å². The largest absolute Gasteiger partial charge is 0.272 e. The number of fused-ring (bicyclic) bond motifs is 6. The van der Waals surface area contributed by atoms with Crippen molar-refractivity contribution in [3.63, 3.8) is 0 Å². The normalized spacial score (nSPS) is 46.8. The van der Waals surface area contributed by atoms with Crippen molar-refractivity contribution in [1.29, 1.82) is 0 Å². The van der Waals surface area contributed by atoms with Crippen molar-refractivity contribution in [2.45, 2.75) is 57.0 Å². The van der Waals surface area contributed by atoms with E-state index in [4.69, 9.17) is 0 Å². The lowest BCUT2D eigenvalue weighted by atomic mass is 10.2. The van der Waals surface area contributed by atoms with Crippen molar-refractivity contribution in [1.82, 2.24) is 14.7 Å². The molecule has 0 saturated carbocycles. The molecule has 4 aliphatic heterocycles. The Kier molecular flexibility index (Phi) is 1.91. The maximum Gasteiger partial charge on any atom is 0.0649 e. The van der Waals surface area contributed by atoms with E-state index in [1.807, 2.05) is 0 Å². The Hall–Kier alpha value is -0.120. The first-order valence-corrected chi connectivity index (χ1v) is 6.72. The van der Waals surface area contributed by atoms with Crippen LogP contribution >= 0.6 is 0 Å². The van der Waals surface area contributed by atoms with Gasteiger partial charge in [0.25, 0.3) is 0 Å². The molecule has 0 aromatic carbocycles. The second-order valence-corrected chi connectivity index (χ2v) is 5.58. The van der Waals surface area contributed by atoms with Crippen LogP contribution in [0.3, 0.4) is 0 Å². The second kappa shape index (κ2) is 3.19. The predicted octanol–water partition coefficient (Wildman–Crippen LogP) is 1.27. The van der Waals surface area contributed by atoms with Gasteiger partial charge in [0.05, 0.1) is 18.5 Å². The second-order valence-electron chi connectivity index (χ2n) is 5.58. The molecular formula is C12H21N3. The summed E-state index contributed by atoms with van der Waals surface area (Å²) in [5, 5.41) is 0. The van der Waals surface area contributed by atoms with Gasteiger partial charge >= 0.3 is 0 Å². The van der Waals surface area contributed by atoms with Crippen molar-refractivity contribution in [3.8, 4) is 0 Å². The highest BCUT2D eigenvalue weighted by Gasteiger charge is 2.50. The van der Waals surface area contributed by atoms with Gasteiger partial charge in [0.1, 0.15) is 0 Å². The van der Waals surface area contributed by atoms with Crippen LogP contribution in [0.5, 0.6) is 0 Å². The van der Waals surface area contributed by atoms with Gasteiger partial charge in [-0.3, -0.25) is 14.7 Å². The van der Waals surface area contributed by atoms with Crippen LogP contribution < -0.4 is 0 Å². The minimum atomic E-state index is 0.817. The summed E-state index contributed by atoms with van der Waals surface area (Å²) in [6.07, 6.45) is 11.0. The minimum Gasteiger partial charge on any atom is -0.272 e. The Morgan fingerprint density at radius 2 is 0.867 bits per heavy atom. The molecule has 0 amide bonds. The van der Waals surface area contributed by atoms with Crippen LogP contribution in [0.4, 0.5) is 0 Å². The first-order chi connectivity index (χ1) is 7.45. The molecule has 84 valence electrons. The molecular weight excluding hydrogens is 186 g/mol. The molecule has 0 aromatic rings. The summed E-state index contributed by atoms with van der Waals surface area (Å²) in [6, 6.07) is 0. The third kappa shape index (κ3) is 1.12. The molecule has 3 heteroatoms. The summed E-state index contributed by atoms with van der Waals surface area (Å²) in [5.41, 5.74) is 0. The Bertz CT molecular complexity index is 189. The van der Waals surface area contributed by atoms with Crippen LogP contribution in [0.2, 0.25) is 0 Å². The van der Waals surface area contributed by atoms with Crippen LogP contribution in [-0.2, 0) is 0 Å². The van der Waals surface area contributed by atoms with E-state index < -0.39 is 0 Å². The van der Waals surface area contributed by atoms with Crippen LogP contribution in [-0.4, -0.2) is 52.8 Å². The van der Waals surface area contributed by atoms with Gasteiger partial charge < -0.3 is 0 Å². The molecule has 0 atom stereocenters. The quantitative estimate of drug-likeness (QED) is 0.592. The van der Waals surface area contributed by atoms with E-state index in [2.05, 4.69) is 14.7 Å². The summed E-state index contributed by atoms with van der Waals surface area (Å²) in [4.78, 5) is 8.40. The highest BCUT2D eigenvalue weighted by atomic mass is 15.6. The van der Waals surface area contributed by atoms with E-state index >= 15 is 0 Å². The fourth-order valence-corrected chi connectivity index (χ4v) is 4.43. The molecule has 0 aliphatic carbocycles. The Labute approximate surface area is 92.0 Å². The van der Waals surface area contributed by atoms with Crippen LogP contribution in [0, 0.1) is 0 Å². The van der Waals surface area contributed by atoms with E-state index in [-0.39, 0.29) is 0 Å². The maximum atomic E-state index is 2.80. The lowest BCUT2D eigenvalue weighted by molar-refractivity contribution is -0.124. The molecule has 15 heavy (non-hydrogen) atoms. The minimum absolute atomic E-state index is 0.817. The smallest absolute Gasteiger partial charge is 0.0649 e. The van der Waals surface area contributed by atoms with Gasteiger partial charge in [-0.25, -0.2) is 0 Å². The monoisotopic (exact) mass is 207 g/mol. The van der Waals surface area contributed by atoms with Crippen molar-refractivity contribution in [2.24, 2.45) is 0 Å². The Morgan fingerprint density at radius 3 is 1.20 bits per heavy atom. The molecule has 0 spiro atoms. The molecule has 4 rings (SSSR count). The maximum absolute atomic E-state index is 2.80. The highest BCUT2D eigenvalue weighted by molar-refractivity contribution is 4.99. The Morgan fingerprint density at radius 1 is 0.533 bits per heavy atom. The molecule has 0 radical (unpaired) electrons.